The molecule has 1 atom stereocenters. The van der Waals surface area contributed by atoms with Gasteiger partial charge in [-0.25, -0.2) is 4.79 Å². The maximum absolute atomic E-state index is 12.5. The minimum atomic E-state index is -0.395. The minimum Gasteiger partial charge on any atom is -0.483 e. The highest BCUT2D eigenvalue weighted by Crippen LogP contribution is 2.40. The topological polar surface area (TPSA) is 64.6 Å². The number of hydrogen-bond donors (Lipinski definition) is 1. The van der Waals surface area contributed by atoms with Gasteiger partial charge in [0.15, 0.2) is 6.61 Å². The molecule has 150 valence electrons. The molecule has 1 N–H and O–H groups in total. The van der Waals surface area contributed by atoms with E-state index in [2.05, 4.69) is 26.1 Å². The monoisotopic (exact) mass is 401 g/mol. The van der Waals surface area contributed by atoms with E-state index in [4.69, 9.17) is 9.47 Å². The van der Waals surface area contributed by atoms with E-state index in [1.807, 2.05) is 24.3 Å². The van der Waals surface area contributed by atoms with Crippen LogP contribution in [0, 0.1) is 5.92 Å². The Labute approximate surface area is 170 Å². The number of hydrogen-bond acceptors (Lipinski definition) is 5. The van der Waals surface area contributed by atoms with Crippen molar-refractivity contribution in [1.29, 1.82) is 0 Å². The Bertz CT molecular complexity index is 871. The lowest BCUT2D eigenvalue weighted by molar-refractivity contribution is -0.118. The predicted octanol–water partition coefficient (Wildman–Crippen LogP) is 4.80. The SMILES string of the molecule is COC(=O)c1c(NC(=O)COc2ccccc2C(C)C)sc2c1CC[C@@H](C)C2. The molecular weight excluding hydrogens is 374 g/mol. The molecule has 1 aliphatic carbocycles. The highest BCUT2D eigenvalue weighted by molar-refractivity contribution is 7.17. The Balaban J connectivity index is 1.75. The Hall–Kier alpha value is -2.34. The summed E-state index contributed by atoms with van der Waals surface area (Å²) in [5.74, 6) is 0.913. The quantitative estimate of drug-likeness (QED) is 0.706. The van der Waals surface area contributed by atoms with Crippen molar-refractivity contribution in [2.75, 3.05) is 19.0 Å². The van der Waals surface area contributed by atoms with Crippen LogP contribution in [0.1, 0.15) is 59.5 Å². The highest BCUT2D eigenvalue weighted by Gasteiger charge is 2.29. The van der Waals surface area contributed by atoms with Crippen LogP contribution in [0.3, 0.4) is 0 Å². The Morgan fingerprint density at radius 2 is 2.04 bits per heavy atom. The fraction of sp³-hybridized carbons (Fsp3) is 0.455. The van der Waals surface area contributed by atoms with Gasteiger partial charge in [0.1, 0.15) is 10.8 Å². The number of anilines is 1. The van der Waals surface area contributed by atoms with Crippen LogP contribution < -0.4 is 10.1 Å². The first-order chi connectivity index (χ1) is 13.4. The molecule has 1 aromatic heterocycles. The lowest BCUT2D eigenvalue weighted by Gasteiger charge is -2.18. The molecule has 0 aliphatic heterocycles. The van der Waals surface area contributed by atoms with Gasteiger partial charge in [-0.05, 0) is 48.3 Å². The van der Waals surface area contributed by atoms with Gasteiger partial charge in [0, 0.05) is 4.88 Å². The van der Waals surface area contributed by atoms with Gasteiger partial charge in [0.05, 0.1) is 12.7 Å². The first kappa shape index (κ1) is 20.4. The summed E-state index contributed by atoms with van der Waals surface area (Å²) in [6.45, 7) is 6.27. The third kappa shape index (κ3) is 4.38. The number of amides is 1. The average Bonchev–Trinajstić information content (AvgIpc) is 3.02. The van der Waals surface area contributed by atoms with Gasteiger partial charge in [-0.15, -0.1) is 11.3 Å². The number of esters is 1. The second-order valence-electron chi connectivity index (χ2n) is 7.58. The number of benzene rings is 1. The fourth-order valence-corrected chi connectivity index (χ4v) is 4.97. The first-order valence-corrected chi connectivity index (χ1v) is 10.5. The van der Waals surface area contributed by atoms with Gasteiger partial charge in [0.2, 0.25) is 0 Å². The first-order valence-electron chi connectivity index (χ1n) is 9.65. The van der Waals surface area contributed by atoms with E-state index in [0.717, 1.165) is 30.4 Å². The van der Waals surface area contributed by atoms with Crippen LogP contribution in [0.2, 0.25) is 0 Å². The fourth-order valence-electron chi connectivity index (χ4n) is 3.55. The van der Waals surface area contributed by atoms with E-state index >= 15 is 0 Å². The zero-order valence-electron chi connectivity index (χ0n) is 16.8. The Kier molecular flexibility index (Phi) is 6.39. The summed E-state index contributed by atoms with van der Waals surface area (Å²) >= 11 is 1.48. The Morgan fingerprint density at radius 1 is 1.29 bits per heavy atom. The number of carbonyl (C=O) groups excluding carboxylic acids is 2. The van der Waals surface area contributed by atoms with E-state index < -0.39 is 5.97 Å². The number of ether oxygens (including phenoxy) is 2. The molecular formula is C22H27NO4S. The van der Waals surface area contributed by atoms with Crippen molar-refractivity contribution in [2.24, 2.45) is 5.92 Å². The van der Waals surface area contributed by atoms with Crippen LogP contribution in [-0.4, -0.2) is 25.6 Å². The standard InChI is InChI=1S/C22H27NO4S/c1-13(2)15-7-5-6-8-17(15)27-12-19(24)23-21-20(22(25)26-4)16-10-9-14(3)11-18(16)28-21/h5-8,13-14H,9-12H2,1-4H3,(H,23,24)/t14-/m1/s1. The smallest absolute Gasteiger partial charge is 0.341 e. The van der Waals surface area contributed by atoms with E-state index in [-0.39, 0.29) is 12.5 Å². The number of nitrogens with one attached hydrogen (secondary N) is 1. The molecule has 6 heteroatoms. The summed E-state index contributed by atoms with van der Waals surface area (Å²) in [5, 5.41) is 3.44. The zero-order valence-corrected chi connectivity index (χ0v) is 17.7. The average molecular weight is 402 g/mol. The number of thiophene rings is 1. The van der Waals surface area contributed by atoms with Crippen molar-refractivity contribution >= 4 is 28.2 Å². The summed E-state index contributed by atoms with van der Waals surface area (Å²) in [5.41, 5.74) is 2.59. The zero-order chi connectivity index (χ0) is 20.3. The molecule has 0 saturated heterocycles. The molecule has 0 spiro atoms. The van der Waals surface area contributed by atoms with Crippen molar-refractivity contribution in [1.82, 2.24) is 0 Å². The van der Waals surface area contributed by atoms with Crippen LogP contribution in [-0.2, 0) is 22.4 Å². The van der Waals surface area contributed by atoms with E-state index in [9.17, 15) is 9.59 Å². The van der Waals surface area contributed by atoms with Crippen molar-refractivity contribution in [3.8, 4) is 5.75 Å². The van der Waals surface area contributed by atoms with Crippen LogP contribution in [0.25, 0.3) is 0 Å². The molecule has 0 bridgehead atoms. The maximum Gasteiger partial charge on any atom is 0.341 e. The summed E-state index contributed by atoms with van der Waals surface area (Å²) in [7, 11) is 1.37. The second kappa shape index (κ2) is 8.78. The van der Waals surface area contributed by atoms with Crippen molar-refractivity contribution in [2.45, 2.75) is 46.0 Å². The van der Waals surface area contributed by atoms with Crippen LogP contribution in [0.4, 0.5) is 5.00 Å². The van der Waals surface area contributed by atoms with Gasteiger partial charge in [-0.2, -0.15) is 0 Å². The molecule has 5 nitrogen and oxygen atoms in total. The number of rotatable bonds is 6. The largest absolute Gasteiger partial charge is 0.483 e. The second-order valence-corrected chi connectivity index (χ2v) is 8.68. The van der Waals surface area contributed by atoms with Crippen molar-refractivity contribution in [3.63, 3.8) is 0 Å². The van der Waals surface area contributed by atoms with Gasteiger partial charge in [-0.3, -0.25) is 4.79 Å². The molecule has 1 aliphatic rings. The lowest BCUT2D eigenvalue weighted by Crippen LogP contribution is -2.21. The molecule has 0 fully saturated rings. The molecule has 2 aromatic rings. The predicted molar refractivity (Wildman–Crippen MR) is 112 cm³/mol. The van der Waals surface area contributed by atoms with E-state index in [1.165, 1.54) is 23.3 Å². The number of para-hydroxylation sites is 1. The molecule has 1 heterocycles. The molecule has 3 rings (SSSR count). The van der Waals surface area contributed by atoms with Crippen molar-refractivity contribution in [3.05, 3.63) is 45.8 Å². The maximum atomic E-state index is 12.5. The van der Waals surface area contributed by atoms with Gasteiger partial charge in [0.25, 0.3) is 5.91 Å². The molecule has 0 saturated carbocycles. The third-order valence-electron chi connectivity index (χ3n) is 5.05. The normalized spacial score (nSPS) is 15.8. The van der Waals surface area contributed by atoms with Crippen LogP contribution >= 0.6 is 11.3 Å². The van der Waals surface area contributed by atoms with Crippen LogP contribution in [0.5, 0.6) is 5.75 Å². The third-order valence-corrected chi connectivity index (χ3v) is 6.22. The summed E-state index contributed by atoms with van der Waals surface area (Å²) in [6, 6.07) is 7.72. The minimum absolute atomic E-state index is 0.108. The van der Waals surface area contributed by atoms with E-state index in [0.29, 0.717) is 28.1 Å². The van der Waals surface area contributed by atoms with Gasteiger partial charge in [-0.1, -0.05) is 39.0 Å². The lowest BCUT2D eigenvalue weighted by atomic mass is 9.88. The van der Waals surface area contributed by atoms with Gasteiger partial charge < -0.3 is 14.8 Å². The van der Waals surface area contributed by atoms with Crippen molar-refractivity contribution < 1.29 is 19.1 Å². The van der Waals surface area contributed by atoms with Gasteiger partial charge >= 0.3 is 5.97 Å². The number of methoxy groups -OCH3 is 1. The number of carbonyl (C=O) groups is 2. The summed E-state index contributed by atoms with van der Waals surface area (Å²) in [6.07, 6.45) is 2.81. The Morgan fingerprint density at radius 3 is 2.75 bits per heavy atom. The summed E-state index contributed by atoms with van der Waals surface area (Å²) in [4.78, 5) is 26.0. The molecule has 1 aromatic carbocycles. The highest BCUT2D eigenvalue weighted by atomic mass is 32.1. The van der Waals surface area contributed by atoms with Crippen LogP contribution in [0.15, 0.2) is 24.3 Å². The molecule has 28 heavy (non-hydrogen) atoms. The molecule has 1 amide bonds. The summed E-state index contributed by atoms with van der Waals surface area (Å²) < 4.78 is 10.7. The molecule has 0 radical (unpaired) electrons. The van der Waals surface area contributed by atoms with E-state index in [1.54, 1.807) is 0 Å². The molecule has 0 unspecified atom stereocenters. The number of fused-ring (bicyclic) bond motifs is 1.